The topological polar surface area (TPSA) is 47.9 Å². The molecule has 1 heterocycles. The number of ether oxygens (including phenoxy) is 1. The number of carbonyl (C=O) groups is 1. The molecular formula is C10H8INO3. The Labute approximate surface area is 101 Å². The first-order chi connectivity index (χ1) is 7.31. The summed E-state index contributed by atoms with van der Waals surface area (Å²) in [4.78, 5) is 15.3. The molecule has 0 bridgehead atoms. The van der Waals surface area contributed by atoms with Crippen LogP contribution < -0.4 is 0 Å². The molecule has 0 saturated carbocycles. The number of carbonyl (C=O) groups excluding carboxylic acids is 1. The van der Waals surface area contributed by atoms with Crippen molar-refractivity contribution < 1.29 is 12.6 Å². The second kappa shape index (κ2) is 4.61. The molecule has 0 spiro atoms. The lowest BCUT2D eigenvalue weighted by molar-refractivity contribution is -0.138. The van der Waals surface area contributed by atoms with E-state index in [0.29, 0.717) is 12.4 Å². The highest BCUT2D eigenvalue weighted by Crippen LogP contribution is 2.13. The first kappa shape index (κ1) is 10.4. The average molecular weight is 317 g/mol. The fourth-order valence-electron chi connectivity index (χ4n) is 1.29. The van der Waals surface area contributed by atoms with Gasteiger partial charge in [0.25, 0.3) is 0 Å². The lowest BCUT2D eigenvalue weighted by Gasteiger charge is -2.07. The molecule has 78 valence electrons. The molecule has 2 rings (SSSR count). The van der Waals surface area contributed by atoms with Crippen LogP contribution in [0.1, 0.15) is 5.56 Å². The first-order valence-electron chi connectivity index (χ1n) is 4.40. The van der Waals surface area contributed by atoms with E-state index in [2.05, 4.69) is 8.06 Å². The van der Waals surface area contributed by atoms with Crippen LogP contribution >= 0.6 is 23.0 Å². The minimum atomic E-state index is -0.600. The van der Waals surface area contributed by atoms with E-state index in [1.54, 1.807) is 23.0 Å². The molecular weight excluding hydrogens is 309 g/mol. The summed E-state index contributed by atoms with van der Waals surface area (Å²) in [6.45, 7) is 0.325. The van der Waals surface area contributed by atoms with Crippen molar-refractivity contribution in [3.8, 4) is 0 Å². The molecule has 1 aromatic carbocycles. The van der Waals surface area contributed by atoms with Gasteiger partial charge in [0.05, 0.1) is 6.54 Å². The van der Waals surface area contributed by atoms with E-state index in [1.807, 2.05) is 30.3 Å². The van der Waals surface area contributed by atoms with Crippen molar-refractivity contribution in [2.45, 2.75) is 6.10 Å². The van der Waals surface area contributed by atoms with E-state index in [1.165, 1.54) is 0 Å². The molecule has 0 aliphatic carbocycles. The van der Waals surface area contributed by atoms with Crippen LogP contribution in [0.2, 0.25) is 0 Å². The maximum absolute atomic E-state index is 11.2. The van der Waals surface area contributed by atoms with Crippen molar-refractivity contribution >= 4 is 34.9 Å². The maximum Gasteiger partial charge on any atom is 0.358 e. The Morgan fingerprint density at radius 1 is 1.47 bits per heavy atom. The zero-order valence-corrected chi connectivity index (χ0v) is 9.88. The summed E-state index contributed by atoms with van der Waals surface area (Å²) in [6.07, 6.45) is -0.600. The van der Waals surface area contributed by atoms with Gasteiger partial charge in [0.1, 0.15) is 0 Å². The summed E-state index contributed by atoms with van der Waals surface area (Å²) in [6, 6.07) is 9.47. The van der Waals surface area contributed by atoms with Crippen molar-refractivity contribution in [3.05, 3.63) is 35.9 Å². The Morgan fingerprint density at radius 2 is 2.20 bits per heavy atom. The quantitative estimate of drug-likeness (QED) is 0.781. The third-order valence-corrected chi connectivity index (χ3v) is 2.45. The van der Waals surface area contributed by atoms with Gasteiger partial charge in [-0.3, -0.25) is 0 Å². The van der Waals surface area contributed by atoms with E-state index in [9.17, 15) is 4.79 Å². The van der Waals surface area contributed by atoms with Crippen LogP contribution in [-0.4, -0.2) is 24.5 Å². The molecule has 1 aromatic rings. The van der Waals surface area contributed by atoms with Crippen molar-refractivity contribution in [1.82, 2.24) is 0 Å². The number of rotatable bonds is 2. The molecule has 1 aliphatic heterocycles. The standard InChI is InChI=1S/C10H8INO3/c11-15-10(13)8-6-12-9(14-8)7-4-2-1-3-5-7/h1-5,8H,6H2/t8-/m0/s1. The average Bonchev–Trinajstić information content (AvgIpc) is 2.78. The van der Waals surface area contributed by atoms with Gasteiger partial charge in [0.15, 0.2) is 23.0 Å². The second-order valence-electron chi connectivity index (χ2n) is 3.01. The largest absolute Gasteiger partial charge is 0.460 e. The van der Waals surface area contributed by atoms with Crippen molar-refractivity contribution in [2.24, 2.45) is 4.99 Å². The van der Waals surface area contributed by atoms with Gasteiger partial charge >= 0.3 is 5.97 Å². The monoisotopic (exact) mass is 317 g/mol. The zero-order valence-electron chi connectivity index (χ0n) is 7.72. The summed E-state index contributed by atoms with van der Waals surface area (Å²) in [5, 5.41) is 0. The van der Waals surface area contributed by atoms with E-state index < -0.39 is 12.1 Å². The number of aliphatic imine (C=N–C) groups is 1. The smallest absolute Gasteiger partial charge is 0.358 e. The third kappa shape index (κ3) is 2.28. The fraction of sp³-hybridized carbons (Fsp3) is 0.200. The Hall–Kier alpha value is -1.11. The van der Waals surface area contributed by atoms with Crippen LogP contribution in [0.3, 0.4) is 0 Å². The highest BCUT2D eigenvalue weighted by Gasteiger charge is 2.28. The van der Waals surface area contributed by atoms with Gasteiger partial charge < -0.3 is 7.80 Å². The van der Waals surface area contributed by atoms with Crippen LogP contribution in [0.15, 0.2) is 35.3 Å². The summed E-state index contributed by atoms with van der Waals surface area (Å²) < 4.78 is 9.92. The Balaban J connectivity index is 2.07. The highest BCUT2D eigenvalue weighted by atomic mass is 127. The van der Waals surface area contributed by atoms with Gasteiger partial charge in [-0.1, -0.05) is 18.2 Å². The summed E-state index contributed by atoms with van der Waals surface area (Å²) in [5.41, 5.74) is 0.876. The highest BCUT2D eigenvalue weighted by molar-refractivity contribution is 14.1. The predicted octanol–water partition coefficient (Wildman–Crippen LogP) is 1.73. The molecule has 0 N–H and O–H groups in total. The maximum atomic E-state index is 11.2. The molecule has 4 nitrogen and oxygen atoms in total. The van der Waals surface area contributed by atoms with E-state index in [0.717, 1.165) is 5.56 Å². The number of halogens is 1. The van der Waals surface area contributed by atoms with E-state index in [-0.39, 0.29) is 0 Å². The van der Waals surface area contributed by atoms with E-state index in [4.69, 9.17) is 4.74 Å². The molecule has 0 fully saturated rings. The molecule has 1 aliphatic rings. The molecule has 0 aromatic heterocycles. The van der Waals surface area contributed by atoms with Crippen LogP contribution in [-0.2, 0) is 12.6 Å². The number of hydrogen-bond acceptors (Lipinski definition) is 4. The van der Waals surface area contributed by atoms with Crippen molar-refractivity contribution in [2.75, 3.05) is 6.54 Å². The summed E-state index contributed by atoms with van der Waals surface area (Å²) in [5.74, 6) is 0.104. The van der Waals surface area contributed by atoms with Crippen molar-refractivity contribution in [1.29, 1.82) is 0 Å². The molecule has 1 atom stereocenters. The third-order valence-electron chi connectivity index (χ3n) is 2.01. The fourth-order valence-corrected chi connectivity index (χ4v) is 1.57. The van der Waals surface area contributed by atoms with Crippen molar-refractivity contribution in [3.63, 3.8) is 0 Å². The Kier molecular flexibility index (Phi) is 3.20. The molecule has 0 amide bonds. The van der Waals surface area contributed by atoms with Crippen LogP contribution in [0, 0.1) is 0 Å². The van der Waals surface area contributed by atoms with Crippen LogP contribution in [0.4, 0.5) is 0 Å². The number of nitrogens with zero attached hydrogens (tertiary/aromatic N) is 1. The summed E-state index contributed by atoms with van der Waals surface area (Å²) >= 11 is 1.54. The van der Waals surface area contributed by atoms with E-state index >= 15 is 0 Å². The normalized spacial score (nSPS) is 19.3. The van der Waals surface area contributed by atoms with Crippen LogP contribution in [0.25, 0.3) is 0 Å². The zero-order chi connectivity index (χ0) is 10.7. The van der Waals surface area contributed by atoms with Gasteiger partial charge in [-0.15, -0.1) is 0 Å². The summed E-state index contributed by atoms with van der Waals surface area (Å²) in [7, 11) is 0. The molecule has 5 heteroatoms. The molecule has 15 heavy (non-hydrogen) atoms. The lowest BCUT2D eigenvalue weighted by atomic mass is 10.2. The minimum Gasteiger partial charge on any atom is -0.460 e. The molecule has 0 saturated heterocycles. The van der Waals surface area contributed by atoms with Gasteiger partial charge in [-0.25, -0.2) is 9.79 Å². The number of hydrogen-bond donors (Lipinski definition) is 0. The molecule has 0 radical (unpaired) electrons. The SMILES string of the molecule is O=C(OI)[C@@H]1CN=C(c2ccccc2)O1. The second-order valence-corrected chi connectivity index (χ2v) is 3.45. The van der Waals surface area contributed by atoms with Gasteiger partial charge in [-0.2, -0.15) is 0 Å². The van der Waals surface area contributed by atoms with Crippen LogP contribution in [0.5, 0.6) is 0 Å². The van der Waals surface area contributed by atoms with Gasteiger partial charge in [-0.05, 0) is 12.1 Å². The van der Waals surface area contributed by atoms with Gasteiger partial charge in [0, 0.05) is 5.56 Å². The molecule has 0 unspecified atom stereocenters. The predicted molar refractivity (Wildman–Crippen MR) is 62.8 cm³/mol. The van der Waals surface area contributed by atoms with Gasteiger partial charge in [0.2, 0.25) is 12.0 Å². The first-order valence-corrected chi connectivity index (χ1v) is 5.28. The number of benzene rings is 1. The lowest BCUT2D eigenvalue weighted by Crippen LogP contribution is -2.24. The Morgan fingerprint density at radius 3 is 2.87 bits per heavy atom. The minimum absolute atomic E-state index is 0.325. The Bertz CT molecular complexity index is 391.